The Morgan fingerprint density at radius 3 is 2.57 bits per heavy atom. The maximum absolute atomic E-state index is 5.51. The second-order valence-corrected chi connectivity index (χ2v) is 5.98. The van der Waals surface area contributed by atoms with Gasteiger partial charge in [-0.25, -0.2) is 0 Å². The summed E-state index contributed by atoms with van der Waals surface area (Å²) in [5.41, 5.74) is 1.00. The van der Waals surface area contributed by atoms with Crippen molar-refractivity contribution in [2.75, 3.05) is 47.9 Å². The minimum absolute atomic E-state index is 0. The van der Waals surface area contributed by atoms with Crippen LogP contribution in [0.15, 0.2) is 21.8 Å². The standard InChI is InChI=1S/C15H27N5O2.HI/c1-16-14(20(4)11-13-5-8-22-18-13)17-12-15(19(2)3)6-9-21-10-7-15;/h5,8H,6-7,9-12H2,1-4H3,(H,16,17);1H. The van der Waals surface area contributed by atoms with Gasteiger partial charge in [0.25, 0.3) is 0 Å². The molecule has 0 amide bonds. The summed E-state index contributed by atoms with van der Waals surface area (Å²) >= 11 is 0. The first kappa shape index (κ1) is 20.2. The number of aliphatic imine (C=N–C) groups is 1. The molecule has 8 heteroatoms. The van der Waals surface area contributed by atoms with Crippen molar-refractivity contribution in [1.82, 2.24) is 20.3 Å². The Kier molecular flexibility index (Phi) is 8.27. The quantitative estimate of drug-likeness (QED) is 0.427. The van der Waals surface area contributed by atoms with Gasteiger partial charge in [0.2, 0.25) is 0 Å². The summed E-state index contributed by atoms with van der Waals surface area (Å²) < 4.78 is 10.4. The summed E-state index contributed by atoms with van der Waals surface area (Å²) in [6, 6.07) is 1.86. The molecule has 1 saturated heterocycles. The third-order valence-corrected chi connectivity index (χ3v) is 4.41. The number of guanidine groups is 1. The van der Waals surface area contributed by atoms with Crippen LogP contribution in [-0.2, 0) is 11.3 Å². The number of hydrogen-bond acceptors (Lipinski definition) is 5. The molecule has 23 heavy (non-hydrogen) atoms. The minimum atomic E-state index is 0. The molecule has 0 spiro atoms. The molecule has 2 heterocycles. The second kappa shape index (κ2) is 9.43. The molecular weight excluding hydrogens is 409 g/mol. The van der Waals surface area contributed by atoms with Crippen LogP contribution < -0.4 is 5.32 Å². The van der Waals surface area contributed by atoms with Gasteiger partial charge < -0.3 is 24.4 Å². The number of likely N-dealkylation sites (N-methyl/N-ethyl adjacent to an activating group) is 1. The van der Waals surface area contributed by atoms with Gasteiger partial charge in [0.15, 0.2) is 5.96 Å². The largest absolute Gasteiger partial charge is 0.381 e. The molecule has 0 aromatic carbocycles. The van der Waals surface area contributed by atoms with Crippen LogP contribution in [0.2, 0.25) is 0 Å². The highest BCUT2D eigenvalue weighted by Crippen LogP contribution is 2.25. The van der Waals surface area contributed by atoms with E-state index in [2.05, 4.69) is 34.5 Å². The van der Waals surface area contributed by atoms with E-state index in [1.807, 2.05) is 18.0 Å². The number of aromatic nitrogens is 1. The molecule has 0 unspecified atom stereocenters. The number of halogens is 1. The van der Waals surface area contributed by atoms with Crippen LogP contribution in [0, 0.1) is 0 Å². The van der Waals surface area contributed by atoms with Gasteiger partial charge in [-0.3, -0.25) is 4.99 Å². The number of rotatable bonds is 5. The Hall–Kier alpha value is -0.870. The molecule has 0 bridgehead atoms. The van der Waals surface area contributed by atoms with Gasteiger partial charge in [-0.1, -0.05) is 5.16 Å². The molecule has 132 valence electrons. The number of nitrogens with one attached hydrogen (secondary N) is 1. The van der Waals surface area contributed by atoms with Crippen LogP contribution in [0.25, 0.3) is 0 Å². The fourth-order valence-electron chi connectivity index (χ4n) is 2.80. The van der Waals surface area contributed by atoms with Crippen molar-refractivity contribution in [3.05, 3.63) is 18.0 Å². The van der Waals surface area contributed by atoms with Crippen LogP contribution in [0.4, 0.5) is 0 Å². The molecule has 1 N–H and O–H groups in total. The maximum atomic E-state index is 5.51. The normalized spacial score (nSPS) is 17.7. The fourth-order valence-corrected chi connectivity index (χ4v) is 2.80. The van der Waals surface area contributed by atoms with Gasteiger partial charge in [0, 0.05) is 45.5 Å². The molecule has 1 aliphatic heterocycles. The summed E-state index contributed by atoms with van der Waals surface area (Å²) in [7, 11) is 8.06. The molecule has 1 aromatic heterocycles. The lowest BCUT2D eigenvalue weighted by atomic mass is 9.88. The Labute approximate surface area is 155 Å². The van der Waals surface area contributed by atoms with Crippen LogP contribution in [0.5, 0.6) is 0 Å². The van der Waals surface area contributed by atoms with Crippen LogP contribution >= 0.6 is 24.0 Å². The first-order valence-corrected chi connectivity index (χ1v) is 7.63. The van der Waals surface area contributed by atoms with E-state index >= 15 is 0 Å². The Balaban J connectivity index is 0.00000264. The molecule has 0 atom stereocenters. The molecule has 2 rings (SSSR count). The monoisotopic (exact) mass is 437 g/mol. The Bertz CT molecular complexity index is 472. The zero-order valence-electron chi connectivity index (χ0n) is 14.4. The summed E-state index contributed by atoms with van der Waals surface area (Å²) in [6.07, 6.45) is 3.64. The molecule has 1 aliphatic rings. The summed E-state index contributed by atoms with van der Waals surface area (Å²) in [4.78, 5) is 8.71. The topological polar surface area (TPSA) is 66.1 Å². The van der Waals surface area contributed by atoms with E-state index < -0.39 is 0 Å². The molecule has 0 saturated carbocycles. The van der Waals surface area contributed by atoms with Crippen molar-refractivity contribution < 1.29 is 9.26 Å². The molecule has 0 aliphatic carbocycles. The third-order valence-electron chi connectivity index (χ3n) is 4.41. The van der Waals surface area contributed by atoms with Crippen molar-refractivity contribution in [3.8, 4) is 0 Å². The lowest BCUT2D eigenvalue weighted by Crippen LogP contribution is -2.57. The van der Waals surface area contributed by atoms with Gasteiger partial charge in [-0.2, -0.15) is 0 Å². The Morgan fingerprint density at radius 1 is 1.35 bits per heavy atom. The van der Waals surface area contributed by atoms with Crippen molar-refractivity contribution in [1.29, 1.82) is 0 Å². The lowest BCUT2D eigenvalue weighted by molar-refractivity contribution is -0.00522. The predicted molar refractivity (Wildman–Crippen MR) is 101 cm³/mol. The van der Waals surface area contributed by atoms with Gasteiger partial charge in [-0.15, -0.1) is 24.0 Å². The van der Waals surface area contributed by atoms with Crippen LogP contribution in [0.1, 0.15) is 18.5 Å². The number of ether oxygens (including phenoxy) is 1. The van der Waals surface area contributed by atoms with E-state index in [0.29, 0.717) is 6.54 Å². The zero-order valence-corrected chi connectivity index (χ0v) is 16.7. The summed E-state index contributed by atoms with van der Waals surface area (Å²) in [5, 5.41) is 7.43. The molecule has 1 fully saturated rings. The first-order valence-electron chi connectivity index (χ1n) is 7.63. The van der Waals surface area contributed by atoms with Gasteiger partial charge in [0.1, 0.15) is 12.0 Å². The van der Waals surface area contributed by atoms with Gasteiger partial charge in [-0.05, 0) is 26.9 Å². The van der Waals surface area contributed by atoms with E-state index in [1.54, 1.807) is 13.3 Å². The fraction of sp³-hybridized carbons (Fsp3) is 0.733. The average Bonchev–Trinajstić information content (AvgIpc) is 3.01. The second-order valence-electron chi connectivity index (χ2n) is 5.98. The molecular formula is C15H28IN5O2. The van der Waals surface area contributed by atoms with Crippen molar-refractivity contribution in [3.63, 3.8) is 0 Å². The van der Waals surface area contributed by atoms with E-state index in [9.17, 15) is 0 Å². The average molecular weight is 437 g/mol. The SMILES string of the molecule is CN=C(NCC1(N(C)C)CCOCC1)N(C)Cc1ccon1.I. The summed E-state index contributed by atoms with van der Waals surface area (Å²) in [5.74, 6) is 0.857. The van der Waals surface area contributed by atoms with E-state index in [4.69, 9.17) is 9.26 Å². The van der Waals surface area contributed by atoms with Crippen LogP contribution in [-0.4, -0.2) is 74.4 Å². The van der Waals surface area contributed by atoms with E-state index in [0.717, 1.165) is 44.3 Å². The third kappa shape index (κ3) is 5.32. The van der Waals surface area contributed by atoms with E-state index in [-0.39, 0.29) is 29.5 Å². The maximum Gasteiger partial charge on any atom is 0.193 e. The van der Waals surface area contributed by atoms with Crippen molar-refractivity contribution >= 4 is 29.9 Å². The first-order chi connectivity index (χ1) is 10.6. The minimum Gasteiger partial charge on any atom is -0.381 e. The molecule has 1 aromatic rings. The lowest BCUT2D eigenvalue weighted by Gasteiger charge is -2.43. The van der Waals surface area contributed by atoms with Crippen molar-refractivity contribution in [2.45, 2.75) is 24.9 Å². The smallest absolute Gasteiger partial charge is 0.193 e. The molecule has 7 nitrogen and oxygen atoms in total. The highest BCUT2D eigenvalue weighted by atomic mass is 127. The van der Waals surface area contributed by atoms with Crippen LogP contribution in [0.3, 0.4) is 0 Å². The Morgan fingerprint density at radius 2 is 2.04 bits per heavy atom. The predicted octanol–water partition coefficient (Wildman–Crippen LogP) is 1.41. The zero-order chi connectivity index (χ0) is 16.0. The highest BCUT2D eigenvalue weighted by Gasteiger charge is 2.35. The van der Waals surface area contributed by atoms with Gasteiger partial charge >= 0.3 is 0 Å². The molecule has 0 radical (unpaired) electrons. The summed E-state index contributed by atoms with van der Waals surface area (Å²) in [6.45, 7) is 3.13. The van der Waals surface area contributed by atoms with Gasteiger partial charge in [0.05, 0.1) is 6.54 Å². The van der Waals surface area contributed by atoms with E-state index in [1.165, 1.54) is 0 Å². The number of hydrogen-bond donors (Lipinski definition) is 1. The highest BCUT2D eigenvalue weighted by molar-refractivity contribution is 14.0. The number of nitrogens with zero attached hydrogens (tertiary/aromatic N) is 4. The van der Waals surface area contributed by atoms with Crippen molar-refractivity contribution in [2.24, 2.45) is 4.99 Å².